The van der Waals surface area contributed by atoms with Gasteiger partial charge in [-0.05, 0) is 37.6 Å². The summed E-state index contributed by atoms with van der Waals surface area (Å²) in [6.07, 6.45) is 0.712. The Hall–Kier alpha value is -0.463. The van der Waals surface area contributed by atoms with E-state index in [0.717, 1.165) is 5.57 Å². The van der Waals surface area contributed by atoms with E-state index in [-0.39, 0.29) is 11.1 Å². The Morgan fingerprint density at radius 1 is 1.28 bits per heavy atom. The molecule has 0 aliphatic carbocycles. The summed E-state index contributed by atoms with van der Waals surface area (Å²) < 4.78 is 83.9. The second-order valence-corrected chi connectivity index (χ2v) is 15.8. The van der Waals surface area contributed by atoms with Crippen molar-refractivity contribution in [1.29, 1.82) is 0 Å². The van der Waals surface area contributed by atoms with Crippen molar-refractivity contribution in [2.75, 3.05) is 13.2 Å². The quantitative estimate of drug-likeness (QED) is 0.266. The van der Waals surface area contributed by atoms with Crippen molar-refractivity contribution in [2.24, 2.45) is 0 Å². The standard InChI is InChI=1S/C18H31F3O6SSi/c1-12-8-9-24-13-10-14(27-29(6,7)16(2,3)4)17(5,26-15(12)13)11-25-28(22,23)18(19,20)21/h8,13-15H,9-11H2,1-7H3/t13-,14+,15+,17-/m0/s1. The van der Waals surface area contributed by atoms with Gasteiger partial charge in [0.1, 0.15) is 11.7 Å². The highest BCUT2D eigenvalue weighted by Crippen LogP contribution is 2.44. The smallest absolute Gasteiger partial charge is 0.411 e. The third-order valence-electron chi connectivity index (χ3n) is 6.05. The first-order valence-electron chi connectivity index (χ1n) is 9.49. The molecule has 0 bridgehead atoms. The van der Waals surface area contributed by atoms with Crippen LogP contribution >= 0.6 is 0 Å². The second-order valence-electron chi connectivity index (χ2n) is 9.44. The fourth-order valence-electron chi connectivity index (χ4n) is 3.08. The lowest BCUT2D eigenvalue weighted by atomic mass is 9.86. The van der Waals surface area contributed by atoms with Gasteiger partial charge in [0, 0.05) is 6.42 Å². The molecule has 0 radical (unpaired) electrons. The molecule has 0 unspecified atom stereocenters. The van der Waals surface area contributed by atoms with Crippen molar-refractivity contribution in [3.8, 4) is 0 Å². The molecule has 6 nitrogen and oxygen atoms in total. The Morgan fingerprint density at radius 3 is 2.38 bits per heavy atom. The summed E-state index contributed by atoms with van der Waals surface area (Å²) in [5, 5.41) is -0.160. The van der Waals surface area contributed by atoms with Crippen LogP contribution in [0.5, 0.6) is 0 Å². The molecule has 4 atom stereocenters. The summed E-state index contributed by atoms with van der Waals surface area (Å²) in [6, 6.07) is 0. The minimum atomic E-state index is -5.74. The van der Waals surface area contributed by atoms with E-state index in [0.29, 0.717) is 13.0 Å². The summed E-state index contributed by atoms with van der Waals surface area (Å²) >= 11 is 0. The first kappa shape index (κ1) is 24.8. The maximum absolute atomic E-state index is 12.8. The van der Waals surface area contributed by atoms with Crippen LogP contribution in [0.3, 0.4) is 0 Å². The molecule has 0 saturated carbocycles. The van der Waals surface area contributed by atoms with Crippen LogP contribution in [0.1, 0.15) is 41.0 Å². The van der Waals surface area contributed by atoms with Gasteiger partial charge in [0.15, 0.2) is 8.32 Å². The van der Waals surface area contributed by atoms with Gasteiger partial charge >= 0.3 is 15.6 Å². The molecule has 1 saturated heterocycles. The number of hydrogen-bond donors (Lipinski definition) is 0. The van der Waals surface area contributed by atoms with Crippen molar-refractivity contribution < 1.29 is 39.7 Å². The largest absolute Gasteiger partial charge is 0.523 e. The van der Waals surface area contributed by atoms with Crippen LogP contribution in [-0.2, 0) is 28.2 Å². The SMILES string of the molecule is CC1=CCO[C@H]2C[C@@H](O[Si](C)(C)C(C)(C)C)[C@](C)(COS(=O)(=O)C(F)(F)F)O[C@H]12. The van der Waals surface area contributed by atoms with Gasteiger partial charge in [-0.3, -0.25) is 4.18 Å². The molecule has 0 N–H and O–H groups in total. The van der Waals surface area contributed by atoms with E-state index in [4.69, 9.17) is 13.9 Å². The summed E-state index contributed by atoms with van der Waals surface area (Å²) in [5.41, 5.74) is -6.01. The van der Waals surface area contributed by atoms with E-state index >= 15 is 0 Å². The van der Waals surface area contributed by atoms with Crippen molar-refractivity contribution in [3.63, 3.8) is 0 Å². The normalized spacial score (nSPS) is 31.9. The third kappa shape index (κ3) is 5.24. The molecule has 0 spiro atoms. The highest BCUT2D eigenvalue weighted by molar-refractivity contribution is 7.87. The number of rotatable bonds is 5. The molecule has 11 heteroatoms. The van der Waals surface area contributed by atoms with Gasteiger partial charge in [-0.2, -0.15) is 21.6 Å². The van der Waals surface area contributed by atoms with Crippen molar-refractivity contribution in [3.05, 3.63) is 11.6 Å². The average Bonchev–Trinajstić information content (AvgIpc) is 2.53. The van der Waals surface area contributed by atoms with E-state index in [9.17, 15) is 21.6 Å². The maximum Gasteiger partial charge on any atom is 0.523 e. The average molecular weight is 461 g/mol. The Labute approximate surface area is 172 Å². The topological polar surface area (TPSA) is 71.1 Å². The predicted molar refractivity (Wildman–Crippen MR) is 104 cm³/mol. The molecule has 0 aromatic heterocycles. The summed E-state index contributed by atoms with van der Waals surface area (Å²) in [5.74, 6) is 0. The Kier molecular flexibility index (Phi) is 6.76. The van der Waals surface area contributed by atoms with Gasteiger partial charge in [0.2, 0.25) is 0 Å². The molecular weight excluding hydrogens is 429 g/mol. The number of halogens is 3. The summed E-state index contributed by atoms with van der Waals surface area (Å²) in [7, 11) is -8.09. The van der Waals surface area contributed by atoms with Gasteiger partial charge in [-0.25, -0.2) is 0 Å². The summed E-state index contributed by atoms with van der Waals surface area (Å²) in [6.45, 7) is 13.1. The van der Waals surface area contributed by atoms with E-state index in [1.807, 2.05) is 46.9 Å². The van der Waals surface area contributed by atoms with E-state index in [2.05, 4.69) is 4.18 Å². The Bertz CT molecular complexity index is 744. The fraction of sp³-hybridized carbons (Fsp3) is 0.889. The van der Waals surface area contributed by atoms with Gasteiger partial charge in [0.05, 0.1) is 25.4 Å². The molecule has 2 heterocycles. The molecule has 0 amide bonds. The van der Waals surface area contributed by atoms with Crippen LogP contribution in [0, 0.1) is 0 Å². The lowest BCUT2D eigenvalue weighted by molar-refractivity contribution is -0.225. The second kappa shape index (κ2) is 7.90. The lowest BCUT2D eigenvalue weighted by Crippen LogP contribution is -2.62. The van der Waals surface area contributed by atoms with Crippen LogP contribution in [0.4, 0.5) is 13.2 Å². The highest BCUT2D eigenvalue weighted by Gasteiger charge is 2.54. The van der Waals surface area contributed by atoms with Crippen molar-refractivity contribution in [1.82, 2.24) is 0 Å². The van der Waals surface area contributed by atoms with Crippen LogP contribution in [0.25, 0.3) is 0 Å². The van der Waals surface area contributed by atoms with Crippen molar-refractivity contribution in [2.45, 2.75) is 88.6 Å². The number of alkyl halides is 3. The Morgan fingerprint density at radius 2 is 1.86 bits per heavy atom. The van der Waals surface area contributed by atoms with Gasteiger partial charge < -0.3 is 13.9 Å². The number of ether oxygens (including phenoxy) is 2. The van der Waals surface area contributed by atoms with E-state index in [1.54, 1.807) is 0 Å². The fourth-order valence-corrected chi connectivity index (χ4v) is 5.01. The summed E-state index contributed by atoms with van der Waals surface area (Å²) in [4.78, 5) is 0. The van der Waals surface area contributed by atoms with Crippen LogP contribution < -0.4 is 0 Å². The molecule has 1 fully saturated rings. The van der Waals surface area contributed by atoms with E-state index in [1.165, 1.54) is 6.92 Å². The van der Waals surface area contributed by atoms with Gasteiger partial charge in [0.25, 0.3) is 0 Å². The Balaban J connectivity index is 2.33. The number of hydrogen-bond acceptors (Lipinski definition) is 6. The molecule has 0 aromatic carbocycles. The zero-order chi connectivity index (χ0) is 22.5. The van der Waals surface area contributed by atoms with Gasteiger partial charge in [-0.1, -0.05) is 26.8 Å². The minimum Gasteiger partial charge on any atom is -0.411 e. The molecule has 2 rings (SSSR count). The van der Waals surface area contributed by atoms with E-state index < -0.39 is 48.4 Å². The molecule has 29 heavy (non-hydrogen) atoms. The van der Waals surface area contributed by atoms with Crippen LogP contribution in [-0.4, -0.2) is 59.4 Å². The van der Waals surface area contributed by atoms with Gasteiger partial charge in [-0.15, -0.1) is 0 Å². The zero-order valence-corrected chi connectivity index (χ0v) is 19.7. The zero-order valence-electron chi connectivity index (χ0n) is 17.9. The molecular formula is C18H31F3O6SSi. The first-order chi connectivity index (χ1) is 12.9. The molecule has 2 aliphatic rings. The third-order valence-corrected chi connectivity index (χ3v) is 11.5. The first-order valence-corrected chi connectivity index (χ1v) is 13.8. The lowest BCUT2D eigenvalue weighted by Gasteiger charge is -2.52. The molecule has 0 aromatic rings. The number of fused-ring (bicyclic) bond motifs is 1. The predicted octanol–water partition coefficient (Wildman–Crippen LogP) is 4.14. The van der Waals surface area contributed by atoms with Crippen LogP contribution in [0.2, 0.25) is 18.1 Å². The monoisotopic (exact) mass is 460 g/mol. The van der Waals surface area contributed by atoms with Crippen LogP contribution in [0.15, 0.2) is 11.6 Å². The molecule has 2 aliphatic heterocycles. The minimum absolute atomic E-state index is 0.160. The highest BCUT2D eigenvalue weighted by atomic mass is 32.2. The maximum atomic E-state index is 12.8. The molecule has 170 valence electrons. The van der Waals surface area contributed by atoms with Crippen molar-refractivity contribution >= 4 is 18.4 Å².